The molecule has 3 nitrogen and oxygen atoms in total. The molecule has 0 aromatic rings. The summed E-state index contributed by atoms with van der Waals surface area (Å²) in [7, 11) is 0. The Kier molecular flexibility index (Phi) is 10.7. The van der Waals surface area contributed by atoms with Crippen LogP contribution in [0.5, 0.6) is 0 Å². The lowest BCUT2D eigenvalue weighted by Crippen LogP contribution is -2.27. The van der Waals surface area contributed by atoms with Gasteiger partial charge in [0.05, 0.1) is 6.61 Å². The summed E-state index contributed by atoms with van der Waals surface area (Å²) < 4.78 is 5.23. The number of piperidine rings is 1. The predicted molar refractivity (Wildman–Crippen MR) is 82.8 cm³/mol. The minimum absolute atomic E-state index is 0.0144. The third-order valence-corrected chi connectivity index (χ3v) is 4.01. The second-order valence-electron chi connectivity index (χ2n) is 5.94. The van der Waals surface area contributed by atoms with Crippen molar-refractivity contribution < 1.29 is 9.53 Å². The average molecular weight is 282 g/mol. The quantitative estimate of drug-likeness (QED) is 0.420. The molecule has 0 aromatic carbocycles. The van der Waals surface area contributed by atoms with E-state index in [9.17, 15) is 4.79 Å². The fourth-order valence-corrected chi connectivity index (χ4v) is 2.71. The van der Waals surface area contributed by atoms with Crippen LogP contribution >= 0.6 is 0 Å². The van der Waals surface area contributed by atoms with Crippen LogP contribution in [0.1, 0.15) is 84.0 Å². The number of nitrogens with zero attached hydrogens (tertiary/aromatic N) is 1. The number of ether oxygens (including phenoxy) is 1. The zero-order chi connectivity index (χ0) is 14.5. The number of carbonyl (C=O) groups excluding carboxylic acids is 1. The first-order chi connectivity index (χ1) is 9.83. The van der Waals surface area contributed by atoms with Gasteiger partial charge in [0.2, 0.25) is 0 Å². The lowest BCUT2D eigenvalue weighted by atomic mass is 9.99. The Labute approximate surface area is 124 Å². The normalized spacial score (nSPS) is 18.9. The maximum absolute atomic E-state index is 11.4. The van der Waals surface area contributed by atoms with Gasteiger partial charge in [0.15, 0.2) is 0 Å². The standard InChI is InChI=1S/C17H32NO2/c1-2-3-6-13-17(19)20-15-10-5-4-7-11-16-12-8-9-14-18-16/h16H,2-15H2,1H3. The summed E-state index contributed by atoms with van der Waals surface area (Å²) in [6.07, 6.45) is 13.8. The Hall–Kier alpha value is -0.570. The zero-order valence-electron chi connectivity index (χ0n) is 13.2. The summed E-state index contributed by atoms with van der Waals surface area (Å²) in [6.45, 7) is 3.84. The van der Waals surface area contributed by atoms with Crippen LogP contribution < -0.4 is 5.32 Å². The Bertz CT molecular complexity index is 237. The highest BCUT2D eigenvalue weighted by Crippen LogP contribution is 2.15. The third-order valence-electron chi connectivity index (χ3n) is 4.01. The lowest BCUT2D eigenvalue weighted by molar-refractivity contribution is -0.143. The van der Waals surface area contributed by atoms with Crippen molar-refractivity contribution in [2.24, 2.45) is 0 Å². The van der Waals surface area contributed by atoms with Crippen LogP contribution in [0.25, 0.3) is 0 Å². The molecule has 1 fully saturated rings. The fraction of sp³-hybridized carbons (Fsp3) is 0.941. The van der Waals surface area contributed by atoms with Crippen molar-refractivity contribution >= 4 is 5.97 Å². The summed E-state index contributed by atoms with van der Waals surface area (Å²) in [5, 5.41) is 4.65. The van der Waals surface area contributed by atoms with Crippen molar-refractivity contribution in [3.8, 4) is 0 Å². The first-order valence-corrected chi connectivity index (χ1v) is 8.65. The van der Waals surface area contributed by atoms with Crippen LogP contribution in [0.3, 0.4) is 0 Å². The SMILES string of the molecule is CCCCCC(=O)OCCCCCCC1CCCC[N]1. The van der Waals surface area contributed by atoms with Gasteiger partial charge in [-0.15, -0.1) is 0 Å². The largest absolute Gasteiger partial charge is 0.466 e. The van der Waals surface area contributed by atoms with Gasteiger partial charge in [0.1, 0.15) is 0 Å². The van der Waals surface area contributed by atoms with Crippen LogP contribution in [0.15, 0.2) is 0 Å². The molecule has 0 N–H and O–H groups in total. The van der Waals surface area contributed by atoms with Crippen molar-refractivity contribution in [1.82, 2.24) is 5.32 Å². The van der Waals surface area contributed by atoms with E-state index in [1.807, 2.05) is 0 Å². The molecule has 20 heavy (non-hydrogen) atoms. The van der Waals surface area contributed by atoms with Crippen molar-refractivity contribution in [3.63, 3.8) is 0 Å². The predicted octanol–water partition coefficient (Wildman–Crippen LogP) is 4.22. The van der Waals surface area contributed by atoms with Crippen LogP contribution in [-0.4, -0.2) is 25.2 Å². The number of carbonyl (C=O) groups is 1. The highest BCUT2D eigenvalue weighted by atomic mass is 16.5. The van der Waals surface area contributed by atoms with Crippen molar-refractivity contribution in [2.75, 3.05) is 13.2 Å². The van der Waals surface area contributed by atoms with E-state index in [4.69, 9.17) is 4.74 Å². The molecular formula is C17H32NO2. The molecule has 0 spiro atoms. The zero-order valence-corrected chi connectivity index (χ0v) is 13.2. The van der Waals surface area contributed by atoms with E-state index in [1.54, 1.807) is 0 Å². The maximum Gasteiger partial charge on any atom is 0.305 e. The minimum atomic E-state index is -0.0144. The summed E-state index contributed by atoms with van der Waals surface area (Å²) in [6, 6.07) is 0.639. The molecule has 0 amide bonds. The molecule has 1 atom stereocenters. The van der Waals surface area contributed by atoms with Crippen LogP contribution in [0.4, 0.5) is 0 Å². The van der Waals surface area contributed by atoms with Gasteiger partial charge in [0.25, 0.3) is 0 Å². The molecule has 0 aliphatic carbocycles. The Balaban J connectivity index is 1.81. The number of hydrogen-bond acceptors (Lipinski definition) is 2. The van der Waals surface area contributed by atoms with Gasteiger partial charge in [-0.05, 0) is 32.1 Å². The smallest absolute Gasteiger partial charge is 0.305 e. The highest BCUT2D eigenvalue weighted by molar-refractivity contribution is 5.69. The van der Waals surface area contributed by atoms with Gasteiger partial charge in [-0.2, -0.15) is 0 Å². The van der Waals surface area contributed by atoms with Crippen LogP contribution in [-0.2, 0) is 9.53 Å². The summed E-state index contributed by atoms with van der Waals surface area (Å²) in [5.41, 5.74) is 0. The molecule has 3 heteroatoms. The van der Waals surface area contributed by atoms with Crippen LogP contribution in [0.2, 0.25) is 0 Å². The molecular weight excluding hydrogens is 250 g/mol. The first-order valence-electron chi connectivity index (χ1n) is 8.65. The second-order valence-corrected chi connectivity index (χ2v) is 5.94. The van der Waals surface area contributed by atoms with E-state index in [0.29, 0.717) is 19.1 Å². The Morgan fingerprint density at radius 2 is 1.95 bits per heavy atom. The molecule has 1 heterocycles. The molecule has 1 aliphatic rings. The average Bonchev–Trinajstić information content (AvgIpc) is 2.47. The molecule has 0 bridgehead atoms. The monoisotopic (exact) mass is 282 g/mol. The number of esters is 1. The van der Waals surface area contributed by atoms with Gasteiger partial charge in [0, 0.05) is 19.0 Å². The van der Waals surface area contributed by atoms with Gasteiger partial charge >= 0.3 is 5.97 Å². The van der Waals surface area contributed by atoms with Crippen LogP contribution in [0, 0.1) is 0 Å². The van der Waals surface area contributed by atoms with Gasteiger partial charge in [-0.1, -0.05) is 45.4 Å². The topological polar surface area (TPSA) is 40.4 Å². The summed E-state index contributed by atoms with van der Waals surface area (Å²) in [5.74, 6) is -0.0144. The van der Waals surface area contributed by atoms with E-state index >= 15 is 0 Å². The molecule has 1 unspecified atom stereocenters. The van der Waals surface area contributed by atoms with E-state index < -0.39 is 0 Å². The number of hydrogen-bond donors (Lipinski definition) is 0. The third kappa shape index (κ3) is 9.35. The maximum atomic E-state index is 11.4. The number of rotatable bonds is 11. The molecule has 1 radical (unpaired) electrons. The molecule has 1 rings (SSSR count). The Morgan fingerprint density at radius 1 is 1.10 bits per heavy atom. The minimum Gasteiger partial charge on any atom is -0.466 e. The second kappa shape index (κ2) is 12.2. The van der Waals surface area contributed by atoms with E-state index in [2.05, 4.69) is 12.2 Å². The molecule has 1 saturated heterocycles. The van der Waals surface area contributed by atoms with Gasteiger partial charge in [-0.3, -0.25) is 4.79 Å². The van der Waals surface area contributed by atoms with Gasteiger partial charge < -0.3 is 4.74 Å². The van der Waals surface area contributed by atoms with Crippen molar-refractivity contribution in [1.29, 1.82) is 0 Å². The van der Waals surface area contributed by atoms with E-state index in [0.717, 1.165) is 32.2 Å². The summed E-state index contributed by atoms with van der Waals surface area (Å²) in [4.78, 5) is 11.4. The van der Waals surface area contributed by atoms with Crippen molar-refractivity contribution in [3.05, 3.63) is 0 Å². The fourth-order valence-electron chi connectivity index (χ4n) is 2.71. The molecule has 0 saturated carbocycles. The first kappa shape index (κ1) is 17.5. The summed E-state index contributed by atoms with van der Waals surface area (Å²) >= 11 is 0. The lowest BCUT2D eigenvalue weighted by Gasteiger charge is -2.21. The molecule has 1 aliphatic heterocycles. The van der Waals surface area contributed by atoms with Gasteiger partial charge in [-0.25, -0.2) is 5.32 Å². The number of unbranched alkanes of at least 4 members (excludes halogenated alkanes) is 5. The highest BCUT2D eigenvalue weighted by Gasteiger charge is 2.12. The molecule has 0 aromatic heterocycles. The molecule has 117 valence electrons. The Morgan fingerprint density at radius 3 is 2.70 bits per heavy atom. The van der Waals surface area contributed by atoms with E-state index in [1.165, 1.54) is 44.9 Å². The van der Waals surface area contributed by atoms with E-state index in [-0.39, 0.29) is 5.97 Å². The van der Waals surface area contributed by atoms with Crippen molar-refractivity contribution in [2.45, 2.75) is 90.0 Å².